The molecule has 1 aromatic carbocycles. The number of carbonyl (C=O) groups is 1. The predicted molar refractivity (Wildman–Crippen MR) is 83.2 cm³/mol. The standard InChI is InChI=1S/C16H16N2O2S/c1-11-5-6-13(4-3-7-19)8-15(11)16(20)17-9-14-10-21-12(2)18-14/h5-6,8,10,19H,7,9H2,1-2H3,(H,17,20). The van der Waals surface area contributed by atoms with E-state index in [9.17, 15) is 4.79 Å². The average molecular weight is 300 g/mol. The molecule has 0 bridgehead atoms. The van der Waals surface area contributed by atoms with Gasteiger partial charge in [-0.25, -0.2) is 4.98 Å². The minimum Gasteiger partial charge on any atom is -0.384 e. The van der Waals surface area contributed by atoms with Crippen LogP contribution in [-0.2, 0) is 6.54 Å². The van der Waals surface area contributed by atoms with Crippen LogP contribution in [0.4, 0.5) is 0 Å². The summed E-state index contributed by atoms with van der Waals surface area (Å²) in [4.78, 5) is 16.5. The van der Waals surface area contributed by atoms with Gasteiger partial charge in [-0.15, -0.1) is 11.3 Å². The van der Waals surface area contributed by atoms with E-state index in [0.29, 0.717) is 17.7 Å². The summed E-state index contributed by atoms with van der Waals surface area (Å²) in [5.74, 6) is 5.23. The van der Waals surface area contributed by atoms with Crippen molar-refractivity contribution >= 4 is 17.2 Å². The fourth-order valence-corrected chi connectivity index (χ4v) is 2.45. The molecule has 108 valence electrons. The van der Waals surface area contributed by atoms with Crippen LogP contribution in [-0.4, -0.2) is 22.6 Å². The Labute approximate surface area is 127 Å². The van der Waals surface area contributed by atoms with E-state index in [-0.39, 0.29) is 12.5 Å². The Morgan fingerprint density at radius 1 is 1.43 bits per heavy atom. The molecule has 2 aromatic rings. The monoisotopic (exact) mass is 300 g/mol. The second-order valence-corrected chi connectivity index (χ2v) is 5.59. The van der Waals surface area contributed by atoms with E-state index in [0.717, 1.165) is 16.3 Å². The molecular weight excluding hydrogens is 284 g/mol. The molecule has 4 nitrogen and oxygen atoms in total. The van der Waals surface area contributed by atoms with Crippen molar-refractivity contribution in [1.29, 1.82) is 0 Å². The van der Waals surface area contributed by atoms with Crippen molar-refractivity contribution in [3.63, 3.8) is 0 Å². The number of benzene rings is 1. The van der Waals surface area contributed by atoms with Crippen molar-refractivity contribution in [2.75, 3.05) is 6.61 Å². The molecule has 1 aromatic heterocycles. The number of amides is 1. The molecule has 2 N–H and O–H groups in total. The van der Waals surface area contributed by atoms with Crippen LogP contribution < -0.4 is 5.32 Å². The fraction of sp³-hybridized carbons (Fsp3) is 0.250. The van der Waals surface area contributed by atoms with Gasteiger partial charge in [0, 0.05) is 16.5 Å². The molecule has 5 heteroatoms. The number of aryl methyl sites for hydroxylation is 2. The van der Waals surface area contributed by atoms with Gasteiger partial charge in [-0.3, -0.25) is 4.79 Å². The largest absolute Gasteiger partial charge is 0.384 e. The zero-order valence-corrected chi connectivity index (χ0v) is 12.8. The van der Waals surface area contributed by atoms with Crippen LogP contribution in [0.3, 0.4) is 0 Å². The molecule has 1 heterocycles. The number of nitrogens with zero attached hydrogens (tertiary/aromatic N) is 1. The summed E-state index contributed by atoms with van der Waals surface area (Å²) in [6.45, 7) is 4.03. The Kier molecular flexibility index (Phi) is 5.09. The van der Waals surface area contributed by atoms with Crippen molar-refractivity contribution < 1.29 is 9.90 Å². The smallest absolute Gasteiger partial charge is 0.251 e. The predicted octanol–water partition coefficient (Wildman–Crippen LogP) is 2.03. The lowest BCUT2D eigenvalue weighted by Crippen LogP contribution is -2.23. The zero-order valence-electron chi connectivity index (χ0n) is 11.9. The maximum Gasteiger partial charge on any atom is 0.251 e. The lowest BCUT2D eigenvalue weighted by atomic mass is 10.0. The quantitative estimate of drug-likeness (QED) is 0.853. The molecule has 21 heavy (non-hydrogen) atoms. The summed E-state index contributed by atoms with van der Waals surface area (Å²) in [5.41, 5.74) is 3.05. The lowest BCUT2D eigenvalue weighted by Gasteiger charge is -2.07. The number of aliphatic hydroxyl groups is 1. The topological polar surface area (TPSA) is 62.2 Å². The summed E-state index contributed by atoms with van der Waals surface area (Å²) < 4.78 is 0. The van der Waals surface area contributed by atoms with E-state index in [4.69, 9.17) is 5.11 Å². The zero-order chi connectivity index (χ0) is 15.2. The van der Waals surface area contributed by atoms with Crippen molar-refractivity contribution in [3.8, 4) is 11.8 Å². The van der Waals surface area contributed by atoms with Crippen molar-refractivity contribution in [2.45, 2.75) is 20.4 Å². The first kappa shape index (κ1) is 15.2. The van der Waals surface area contributed by atoms with E-state index < -0.39 is 0 Å². The third-order valence-electron chi connectivity index (χ3n) is 2.89. The highest BCUT2D eigenvalue weighted by Gasteiger charge is 2.10. The third-order valence-corrected chi connectivity index (χ3v) is 3.71. The highest BCUT2D eigenvalue weighted by molar-refractivity contribution is 7.09. The highest BCUT2D eigenvalue weighted by Crippen LogP contribution is 2.12. The van der Waals surface area contributed by atoms with Gasteiger partial charge in [0.1, 0.15) is 6.61 Å². The molecule has 0 aliphatic heterocycles. The first-order chi connectivity index (χ1) is 10.1. The average Bonchev–Trinajstić information content (AvgIpc) is 2.89. The van der Waals surface area contributed by atoms with Crippen molar-refractivity contribution in [1.82, 2.24) is 10.3 Å². The Hall–Kier alpha value is -2.16. The number of carbonyl (C=O) groups excluding carboxylic acids is 1. The van der Waals surface area contributed by atoms with Crippen LogP contribution in [0.5, 0.6) is 0 Å². The molecule has 0 spiro atoms. The van der Waals surface area contributed by atoms with Gasteiger partial charge >= 0.3 is 0 Å². The Balaban J connectivity index is 2.10. The highest BCUT2D eigenvalue weighted by atomic mass is 32.1. The van der Waals surface area contributed by atoms with Gasteiger partial charge in [0.15, 0.2) is 0 Å². The third kappa shape index (κ3) is 4.15. The van der Waals surface area contributed by atoms with Gasteiger partial charge < -0.3 is 10.4 Å². The minimum absolute atomic E-state index is 0.147. The van der Waals surface area contributed by atoms with Gasteiger partial charge in [0.05, 0.1) is 17.2 Å². The molecule has 0 atom stereocenters. The van der Waals surface area contributed by atoms with Crippen LogP contribution in [0, 0.1) is 25.7 Å². The summed E-state index contributed by atoms with van der Waals surface area (Å²) in [6, 6.07) is 5.42. The van der Waals surface area contributed by atoms with Gasteiger partial charge in [0.25, 0.3) is 5.91 Å². The summed E-state index contributed by atoms with van der Waals surface area (Å²) in [5, 5.41) is 14.5. The van der Waals surface area contributed by atoms with E-state index in [1.165, 1.54) is 0 Å². The molecule has 1 amide bonds. The fourth-order valence-electron chi connectivity index (χ4n) is 1.84. The van der Waals surface area contributed by atoms with Gasteiger partial charge in [-0.2, -0.15) is 0 Å². The maximum absolute atomic E-state index is 12.2. The SMILES string of the molecule is Cc1nc(CNC(=O)c2cc(C#CCO)ccc2C)cs1. The molecular formula is C16H16N2O2S. The summed E-state index contributed by atoms with van der Waals surface area (Å²) in [6.07, 6.45) is 0. The molecule has 0 saturated carbocycles. The number of thiazole rings is 1. The van der Waals surface area contributed by atoms with Crippen LogP contribution >= 0.6 is 11.3 Å². The molecule has 0 unspecified atom stereocenters. The number of hydrogen-bond donors (Lipinski definition) is 2. The maximum atomic E-state index is 12.2. The number of hydrogen-bond acceptors (Lipinski definition) is 4. The Bertz CT molecular complexity index is 711. The minimum atomic E-state index is -0.196. The van der Waals surface area contributed by atoms with Crippen LogP contribution in [0.15, 0.2) is 23.6 Å². The van der Waals surface area contributed by atoms with Gasteiger partial charge in [-0.05, 0) is 31.5 Å². The van der Waals surface area contributed by atoms with Crippen LogP contribution in [0.2, 0.25) is 0 Å². The van der Waals surface area contributed by atoms with E-state index >= 15 is 0 Å². The number of aliphatic hydroxyl groups excluding tert-OH is 1. The molecule has 0 fully saturated rings. The molecule has 2 rings (SSSR count). The van der Waals surface area contributed by atoms with Gasteiger partial charge in [0.2, 0.25) is 0 Å². The Morgan fingerprint density at radius 2 is 2.24 bits per heavy atom. The molecule has 0 aliphatic rings. The van der Waals surface area contributed by atoms with Gasteiger partial charge in [-0.1, -0.05) is 17.9 Å². The second kappa shape index (κ2) is 7.02. The first-order valence-electron chi connectivity index (χ1n) is 6.49. The van der Waals surface area contributed by atoms with E-state index in [2.05, 4.69) is 22.1 Å². The molecule has 0 saturated heterocycles. The van der Waals surface area contributed by atoms with Crippen molar-refractivity contribution in [2.24, 2.45) is 0 Å². The first-order valence-corrected chi connectivity index (χ1v) is 7.37. The second-order valence-electron chi connectivity index (χ2n) is 4.53. The van der Waals surface area contributed by atoms with Crippen LogP contribution in [0.25, 0.3) is 0 Å². The number of aromatic nitrogens is 1. The number of nitrogens with one attached hydrogen (secondary N) is 1. The summed E-state index contributed by atoms with van der Waals surface area (Å²) >= 11 is 1.56. The van der Waals surface area contributed by atoms with Crippen LogP contribution in [0.1, 0.15) is 32.2 Å². The molecule has 0 radical (unpaired) electrons. The Morgan fingerprint density at radius 3 is 2.90 bits per heavy atom. The van der Waals surface area contributed by atoms with E-state index in [1.54, 1.807) is 17.4 Å². The summed E-state index contributed by atoms with van der Waals surface area (Å²) in [7, 11) is 0. The van der Waals surface area contributed by atoms with Crippen molar-refractivity contribution in [3.05, 3.63) is 51.0 Å². The normalized spacial score (nSPS) is 9.86. The molecule has 0 aliphatic carbocycles. The number of rotatable bonds is 3. The van der Waals surface area contributed by atoms with E-state index in [1.807, 2.05) is 31.4 Å². The lowest BCUT2D eigenvalue weighted by molar-refractivity contribution is 0.0950.